The number of ether oxygens (including phenoxy) is 5. The van der Waals surface area contributed by atoms with Gasteiger partial charge in [0.05, 0.1) is 38.0 Å². The minimum absolute atomic E-state index is 0. The Morgan fingerprint density at radius 3 is 1.32 bits per heavy atom. The van der Waals surface area contributed by atoms with Crippen LogP contribution in [0.4, 0.5) is 27.0 Å². The first-order valence-electron chi connectivity index (χ1n) is 28.6. The Hall–Kier alpha value is -6.35. The smallest absolute Gasteiger partial charge is 0 e. The Morgan fingerprint density at radius 2 is 0.967 bits per heavy atom. The molecule has 3 aromatic carbocycles. The van der Waals surface area contributed by atoms with Gasteiger partial charge < -0.3 is 78.9 Å². The van der Waals surface area contributed by atoms with Crippen molar-refractivity contribution in [1.82, 2.24) is 25.6 Å². The van der Waals surface area contributed by atoms with E-state index in [9.17, 15) is 24.0 Å². The normalized spacial score (nSPS) is 15.8. The summed E-state index contributed by atoms with van der Waals surface area (Å²) in [5, 5.41) is 11.1. The Kier molecular flexibility index (Phi) is 35.2. The molecule has 6 heterocycles. The van der Waals surface area contributed by atoms with Crippen molar-refractivity contribution in [3.63, 3.8) is 0 Å². The fourth-order valence-corrected chi connectivity index (χ4v) is 11.1. The molecule has 9 rings (SSSR count). The molecule has 5 amide bonds. The fourth-order valence-electron chi connectivity index (χ4n) is 10.2. The zero-order valence-electron chi connectivity index (χ0n) is 52.6. The SMILES string of the molecule is C.C.COc1cc2c(N3CCC[C@H](N)C3)ncc(Br)c2cc1C(N)=O.COc1cc2c(N3CCC[C@H](NC(=O)OC(C)(C)C)C3)ncc(Br)c2cc1C(N)=O.COc1cc2c(N3CCC[C@H](NC(=O)OC(C)(C)C)C3)nccc2cc1C(N)=O.Cl.[B]=NS.[CH2-]CC.[V]. The summed E-state index contributed by atoms with van der Waals surface area (Å²) in [6.07, 6.45) is 10.9. The van der Waals surface area contributed by atoms with Gasteiger partial charge in [-0.1, -0.05) is 21.8 Å². The van der Waals surface area contributed by atoms with Gasteiger partial charge in [0.15, 0.2) is 0 Å². The summed E-state index contributed by atoms with van der Waals surface area (Å²) in [7, 11) is 8.87. The Labute approximate surface area is 583 Å². The molecule has 3 saturated heterocycles. The van der Waals surface area contributed by atoms with Crippen molar-refractivity contribution in [3.8, 4) is 17.2 Å². The van der Waals surface area contributed by atoms with Crippen molar-refractivity contribution in [1.29, 1.82) is 0 Å². The van der Waals surface area contributed by atoms with Crippen molar-refractivity contribution in [2.45, 2.75) is 138 Å². The molecule has 0 spiro atoms. The van der Waals surface area contributed by atoms with Crippen molar-refractivity contribution < 1.29 is 66.2 Å². The number of alkyl carbamates (subject to hydrolysis) is 2. The van der Waals surface area contributed by atoms with Gasteiger partial charge in [-0.15, -0.1) is 12.4 Å². The third-order valence-electron chi connectivity index (χ3n) is 13.8. The number of aromatic nitrogens is 3. The number of hydrogen-bond donors (Lipinski definition) is 7. The standard InChI is InChI=1S/C21H27BrN4O4.C21H28N4O4.C16H19BrN4O2.C3H7.2CH4.BHNS.ClH.V/c1-21(2,3)30-20(28)25-12-6-5-7-26(11-12)19-14-9-17(29-4)15(18(23)27)8-13(14)16(22)10-24-19;1-21(2,3)29-20(27)24-14-6-5-9-25(12-14)19-15-11-17(28-4)16(18(22)26)10-13(15)7-8-23-19;1-23-14-6-11-10(5-12(14)15(19)22)13(17)7-20-16(11)21-4-2-3-9(18)8-21;1-3-2;;;1-2-3;;/h8-10,12H,5-7,11H2,1-4H3,(H2,23,27)(H,25,28);7-8,10-11,14H,5-6,9,12H2,1-4H3,(H2,22,26)(H,24,27);5-7,9H,2-4,8,18H2,1H3,(H2,19,22);1,3H2,2H3;2*1H4;3H;1H;/q;;;-1;;;;;/t12-;14-;9-;;;;;;/m000....../s1. The van der Waals surface area contributed by atoms with Gasteiger partial charge in [-0.2, -0.15) is 6.42 Å². The average molecular weight is 1480 g/mol. The van der Waals surface area contributed by atoms with E-state index in [0.29, 0.717) is 47.0 Å². The second-order valence-corrected chi connectivity index (χ2v) is 24.8. The summed E-state index contributed by atoms with van der Waals surface area (Å²) >= 11 is 10.2. The second-order valence-electron chi connectivity index (χ2n) is 22.9. The van der Waals surface area contributed by atoms with Crippen LogP contribution < -0.4 is 62.5 Å². The third-order valence-corrected chi connectivity index (χ3v) is 15.0. The zero-order chi connectivity index (χ0) is 65.2. The molecule has 23 nitrogen and oxygen atoms in total. The number of halogens is 3. The molecule has 29 heteroatoms. The molecule has 0 bridgehead atoms. The van der Waals surface area contributed by atoms with Gasteiger partial charge in [-0.25, -0.2) is 24.5 Å². The second kappa shape index (κ2) is 38.7. The summed E-state index contributed by atoms with van der Waals surface area (Å²) in [6, 6.07) is 12.5. The first kappa shape index (κ1) is 83.7. The van der Waals surface area contributed by atoms with Crippen LogP contribution in [0.1, 0.15) is 139 Å². The first-order valence-corrected chi connectivity index (χ1v) is 30.6. The maximum Gasteiger partial charge on any atom is 0 e. The molecule has 0 unspecified atom stereocenters. The quantitative estimate of drug-likeness (QED) is 0.0360. The fraction of sp³-hybridized carbons (Fsp3) is 0.476. The summed E-state index contributed by atoms with van der Waals surface area (Å²) < 4.78 is 31.1. The minimum Gasteiger partial charge on any atom is -0.344 e. The molecule has 3 aliphatic rings. The average Bonchev–Trinajstić information content (AvgIpc) is 0.792. The number of methoxy groups -OCH3 is 3. The van der Waals surface area contributed by atoms with Crippen LogP contribution in [0.5, 0.6) is 17.2 Å². The van der Waals surface area contributed by atoms with Crippen LogP contribution in [0.25, 0.3) is 32.3 Å². The van der Waals surface area contributed by atoms with E-state index in [1.54, 1.807) is 48.9 Å². The molecule has 3 aromatic heterocycles. The molecule has 504 valence electrons. The molecule has 92 heavy (non-hydrogen) atoms. The van der Waals surface area contributed by atoms with E-state index < -0.39 is 41.1 Å². The molecular formula is C63H91BBr2ClN13O10SV-. The van der Waals surface area contributed by atoms with E-state index in [-0.39, 0.29) is 63.9 Å². The molecule has 3 atom stereocenters. The summed E-state index contributed by atoms with van der Waals surface area (Å²) in [6.45, 7) is 21.1. The topological polar surface area (TPSA) is 320 Å². The van der Waals surface area contributed by atoms with Crippen molar-refractivity contribution in [3.05, 3.63) is 93.6 Å². The number of thiol groups is 1. The minimum atomic E-state index is -0.557. The van der Waals surface area contributed by atoms with E-state index in [2.05, 4.69) is 104 Å². The number of hydrogen-bond acceptors (Lipinski definition) is 19. The van der Waals surface area contributed by atoms with E-state index in [4.69, 9.17) is 46.6 Å². The molecule has 0 saturated carbocycles. The number of piperidine rings is 3. The van der Waals surface area contributed by atoms with Crippen molar-refractivity contribution in [2.24, 2.45) is 27.2 Å². The summed E-state index contributed by atoms with van der Waals surface area (Å²) in [5.74, 6) is 2.05. The Morgan fingerprint density at radius 1 is 0.630 bits per heavy atom. The maximum atomic E-state index is 12.2. The van der Waals surface area contributed by atoms with Crippen LogP contribution in [0, 0.1) is 6.92 Å². The van der Waals surface area contributed by atoms with E-state index in [0.717, 1.165) is 130 Å². The van der Waals surface area contributed by atoms with Crippen LogP contribution in [-0.2, 0) is 28.0 Å². The summed E-state index contributed by atoms with van der Waals surface area (Å²) in [5.41, 5.74) is 22.4. The van der Waals surface area contributed by atoms with Gasteiger partial charge in [-0.3, -0.25) is 14.4 Å². The number of carbonyl (C=O) groups excluding carboxylic acids is 5. The molecule has 10 N–H and O–H groups in total. The van der Waals surface area contributed by atoms with Crippen LogP contribution >= 0.6 is 57.1 Å². The van der Waals surface area contributed by atoms with Crippen LogP contribution in [0.3, 0.4) is 0 Å². The molecule has 6 aromatic rings. The van der Waals surface area contributed by atoms with Crippen molar-refractivity contribution >= 4 is 144 Å². The predicted octanol–water partition coefficient (Wildman–Crippen LogP) is 11.6. The Bertz CT molecular complexity index is 3460. The number of carbonyl (C=O) groups is 5. The number of amides is 5. The number of anilines is 3. The molecule has 0 aliphatic carbocycles. The first-order chi connectivity index (χ1) is 41.6. The Balaban J connectivity index is 0.000000651. The van der Waals surface area contributed by atoms with Crippen LogP contribution in [-0.4, -0.2) is 142 Å². The number of benzene rings is 3. The summed E-state index contributed by atoms with van der Waals surface area (Å²) in [4.78, 5) is 79.7. The molecule has 2 radical (unpaired) electrons. The predicted molar refractivity (Wildman–Crippen MR) is 378 cm³/mol. The molecular weight excluding hydrogens is 1390 g/mol. The van der Waals surface area contributed by atoms with Gasteiger partial charge >= 0.3 is 36.9 Å². The monoisotopic (exact) mass is 1480 g/mol. The van der Waals surface area contributed by atoms with E-state index in [1.165, 1.54) is 21.3 Å². The number of primary amides is 3. The van der Waals surface area contributed by atoms with Crippen LogP contribution in [0.2, 0.25) is 0 Å². The number of nitrogens with two attached hydrogens (primary N) is 4. The van der Waals surface area contributed by atoms with Gasteiger partial charge in [0.25, 0.3) is 17.7 Å². The van der Waals surface area contributed by atoms with Crippen LogP contribution in [0.15, 0.2) is 74.3 Å². The van der Waals surface area contributed by atoms with E-state index >= 15 is 0 Å². The van der Waals surface area contributed by atoms with E-state index in [1.807, 2.05) is 60.6 Å². The molecule has 3 fully saturated rings. The maximum absolute atomic E-state index is 12.2. The van der Waals surface area contributed by atoms with Gasteiger partial charge in [0.2, 0.25) is 0 Å². The number of fused-ring (bicyclic) bond motifs is 3. The van der Waals surface area contributed by atoms with Gasteiger partial charge in [0.1, 0.15) is 45.9 Å². The zero-order valence-corrected chi connectivity index (χ0v) is 58.8. The van der Waals surface area contributed by atoms with Crippen molar-refractivity contribution in [2.75, 3.05) is 75.3 Å². The number of nitrogens with zero attached hydrogens (tertiary/aromatic N) is 7. The third kappa shape index (κ3) is 23.6. The van der Waals surface area contributed by atoms with Gasteiger partial charge in [-0.05, 0) is 160 Å². The largest absolute Gasteiger partial charge is 0.344 e. The number of pyridine rings is 3. The number of rotatable bonds is 11. The van der Waals surface area contributed by atoms with Gasteiger partial charge in [0, 0.05) is 130 Å². The molecule has 3 aliphatic heterocycles. The number of nitrogens with one attached hydrogen (secondary N) is 2.